The van der Waals surface area contributed by atoms with Gasteiger partial charge in [0.2, 0.25) is 5.91 Å². The molecule has 1 fully saturated rings. The molecule has 1 heterocycles. The van der Waals surface area contributed by atoms with Gasteiger partial charge in [0.15, 0.2) is 0 Å². The van der Waals surface area contributed by atoms with Crippen molar-refractivity contribution in [3.8, 4) is 0 Å². The highest BCUT2D eigenvalue weighted by molar-refractivity contribution is 5.94. The summed E-state index contributed by atoms with van der Waals surface area (Å²) in [6.07, 6.45) is 1.25. The predicted octanol–water partition coefficient (Wildman–Crippen LogP) is 3.74. The van der Waals surface area contributed by atoms with E-state index in [0.717, 1.165) is 17.4 Å². The molecule has 2 amide bonds. The summed E-state index contributed by atoms with van der Waals surface area (Å²) in [5.41, 5.74) is 5.28. The van der Waals surface area contributed by atoms with Crippen LogP contribution in [0.5, 0.6) is 0 Å². The molecule has 0 bridgehead atoms. The first-order valence-corrected chi connectivity index (χ1v) is 13.1. The van der Waals surface area contributed by atoms with Crippen LogP contribution >= 0.6 is 0 Å². The Balaban J connectivity index is 1.56. The fourth-order valence-corrected chi connectivity index (χ4v) is 4.15. The molecule has 2 aromatic carbocycles. The first-order valence-electron chi connectivity index (χ1n) is 13.1. The number of nitrogens with two attached hydrogens (primary N) is 1. The largest absolute Gasteiger partial charge is 0.443 e. The summed E-state index contributed by atoms with van der Waals surface area (Å²) >= 11 is 0. The maximum Gasteiger partial charge on any atom is 0.414 e. The van der Waals surface area contributed by atoms with Crippen molar-refractivity contribution in [1.29, 1.82) is 0 Å². The van der Waals surface area contributed by atoms with Gasteiger partial charge in [-0.2, -0.15) is 0 Å². The first-order chi connectivity index (χ1) is 18.8. The molecule has 0 aliphatic heterocycles. The normalized spacial score (nSPS) is 13.1. The molecule has 0 spiro atoms. The van der Waals surface area contributed by atoms with Gasteiger partial charge >= 0.3 is 11.8 Å². The maximum absolute atomic E-state index is 14.3. The van der Waals surface area contributed by atoms with Gasteiger partial charge in [0.25, 0.3) is 5.56 Å². The molecule has 1 aromatic heterocycles. The molecule has 3 aromatic rings. The van der Waals surface area contributed by atoms with Gasteiger partial charge in [-0.15, -0.1) is 0 Å². The number of anilines is 3. The molecule has 3 N–H and O–H groups in total. The van der Waals surface area contributed by atoms with Gasteiger partial charge in [0.1, 0.15) is 22.9 Å². The molecule has 4 rings (SSSR count). The smallest absolute Gasteiger partial charge is 0.414 e. The van der Waals surface area contributed by atoms with Crippen molar-refractivity contribution in [2.45, 2.75) is 58.7 Å². The van der Waals surface area contributed by atoms with E-state index in [9.17, 15) is 23.6 Å². The van der Waals surface area contributed by atoms with E-state index in [2.05, 4.69) is 5.32 Å². The van der Waals surface area contributed by atoms with Crippen LogP contribution in [0, 0.1) is 11.7 Å². The number of nitrogens with zero attached hydrogens (tertiary/aromatic N) is 3. The standard InChI is InChI=1S/C29H34FN5O5/c1-29(2,3)40-28(39)33(4)21-13-11-18(12-14-21)15-23(36)32-24-25(31)34(16-19-9-10-19)27(38)35(26(24)37)17-20-7-5-6-8-22(20)30/h5-8,11-14,19H,9-10,15-17,31H2,1-4H3,(H,32,36). The van der Waals surface area contributed by atoms with E-state index < -0.39 is 34.7 Å². The molecular weight excluding hydrogens is 517 g/mol. The van der Waals surface area contributed by atoms with Gasteiger partial charge in [-0.25, -0.2) is 14.0 Å². The van der Waals surface area contributed by atoms with Crippen molar-refractivity contribution < 1.29 is 18.7 Å². The van der Waals surface area contributed by atoms with Crippen LogP contribution in [0.2, 0.25) is 0 Å². The second-order valence-corrected chi connectivity index (χ2v) is 11.0. The first kappa shape index (κ1) is 28.6. The van der Waals surface area contributed by atoms with Crippen LogP contribution in [-0.2, 0) is 29.0 Å². The third-order valence-electron chi connectivity index (χ3n) is 6.51. The number of nitrogens with one attached hydrogen (secondary N) is 1. The molecule has 1 aliphatic carbocycles. The lowest BCUT2D eigenvalue weighted by molar-refractivity contribution is -0.115. The number of benzene rings is 2. The Morgan fingerprint density at radius 1 is 1.07 bits per heavy atom. The van der Waals surface area contributed by atoms with Crippen molar-refractivity contribution in [2.24, 2.45) is 5.92 Å². The molecule has 1 aliphatic rings. The Bertz CT molecular complexity index is 1530. The van der Waals surface area contributed by atoms with Gasteiger partial charge in [0, 0.05) is 24.8 Å². The zero-order valence-corrected chi connectivity index (χ0v) is 23.1. The van der Waals surface area contributed by atoms with Gasteiger partial charge in [0.05, 0.1) is 13.0 Å². The number of hydrogen-bond donors (Lipinski definition) is 2. The molecule has 0 atom stereocenters. The molecule has 10 nitrogen and oxygen atoms in total. The molecule has 212 valence electrons. The van der Waals surface area contributed by atoms with E-state index in [1.165, 1.54) is 27.7 Å². The van der Waals surface area contributed by atoms with Gasteiger partial charge in [-0.1, -0.05) is 30.3 Å². The Hall–Kier alpha value is -4.41. The van der Waals surface area contributed by atoms with E-state index in [0.29, 0.717) is 17.8 Å². The summed E-state index contributed by atoms with van der Waals surface area (Å²) in [4.78, 5) is 53.2. The number of hydrogen-bond acceptors (Lipinski definition) is 6. The number of halogens is 1. The molecule has 0 unspecified atom stereocenters. The molecule has 0 radical (unpaired) electrons. The van der Waals surface area contributed by atoms with E-state index in [-0.39, 0.29) is 36.0 Å². The van der Waals surface area contributed by atoms with Crippen molar-refractivity contribution >= 4 is 29.2 Å². The summed E-state index contributed by atoms with van der Waals surface area (Å²) in [6, 6.07) is 12.6. The zero-order valence-electron chi connectivity index (χ0n) is 23.1. The third-order valence-corrected chi connectivity index (χ3v) is 6.51. The molecule has 0 saturated heterocycles. The maximum atomic E-state index is 14.3. The van der Waals surface area contributed by atoms with Crippen molar-refractivity contribution in [1.82, 2.24) is 9.13 Å². The Morgan fingerprint density at radius 3 is 2.33 bits per heavy atom. The van der Waals surface area contributed by atoms with Gasteiger partial charge < -0.3 is 15.8 Å². The monoisotopic (exact) mass is 551 g/mol. The summed E-state index contributed by atoms with van der Waals surface area (Å²) in [7, 11) is 1.58. The second kappa shape index (κ2) is 11.4. The Morgan fingerprint density at radius 2 is 1.73 bits per heavy atom. The minimum absolute atomic E-state index is 0.0929. The average Bonchev–Trinajstić information content (AvgIpc) is 3.71. The van der Waals surface area contributed by atoms with Crippen LogP contribution in [0.4, 0.5) is 26.4 Å². The number of rotatable bonds is 8. The van der Waals surface area contributed by atoms with Crippen molar-refractivity contribution in [3.63, 3.8) is 0 Å². The van der Waals surface area contributed by atoms with E-state index in [1.54, 1.807) is 58.2 Å². The quantitative estimate of drug-likeness (QED) is 0.439. The highest BCUT2D eigenvalue weighted by Crippen LogP contribution is 2.31. The minimum atomic E-state index is -0.805. The Kier molecular flexibility index (Phi) is 8.13. The summed E-state index contributed by atoms with van der Waals surface area (Å²) < 4.78 is 21.9. The SMILES string of the molecule is CN(C(=O)OC(C)(C)C)c1ccc(CC(=O)Nc2c(N)n(CC3CC3)c(=O)n(Cc3ccccc3F)c2=O)cc1. The lowest BCUT2D eigenvalue weighted by atomic mass is 10.1. The van der Waals surface area contributed by atoms with Crippen LogP contribution in [-0.4, -0.2) is 33.8 Å². The second-order valence-electron chi connectivity index (χ2n) is 11.0. The lowest BCUT2D eigenvalue weighted by Gasteiger charge is -2.24. The molecule has 11 heteroatoms. The lowest BCUT2D eigenvalue weighted by Crippen LogP contribution is -2.43. The fraction of sp³-hybridized carbons (Fsp3) is 0.379. The van der Waals surface area contributed by atoms with Crippen LogP contribution in [0.25, 0.3) is 0 Å². The van der Waals surface area contributed by atoms with Crippen LogP contribution in [0.1, 0.15) is 44.7 Å². The average molecular weight is 552 g/mol. The molecule has 1 saturated carbocycles. The van der Waals surface area contributed by atoms with Crippen LogP contribution < -0.4 is 27.2 Å². The number of aromatic nitrogens is 2. The van der Waals surface area contributed by atoms with Crippen molar-refractivity contribution in [3.05, 3.63) is 86.3 Å². The number of amides is 2. The predicted molar refractivity (Wildman–Crippen MR) is 151 cm³/mol. The number of carbonyl (C=O) groups excluding carboxylic acids is 2. The highest BCUT2D eigenvalue weighted by Gasteiger charge is 2.27. The van der Waals surface area contributed by atoms with E-state index in [4.69, 9.17) is 10.5 Å². The fourth-order valence-electron chi connectivity index (χ4n) is 4.15. The van der Waals surface area contributed by atoms with Crippen molar-refractivity contribution in [2.75, 3.05) is 23.0 Å². The molecule has 40 heavy (non-hydrogen) atoms. The Labute approximate surface area is 231 Å². The van der Waals surface area contributed by atoms with Gasteiger partial charge in [-0.3, -0.25) is 23.6 Å². The summed E-state index contributed by atoms with van der Waals surface area (Å²) in [5.74, 6) is -0.952. The zero-order chi connectivity index (χ0) is 29.2. The van der Waals surface area contributed by atoms with Crippen LogP contribution in [0.15, 0.2) is 58.1 Å². The number of carbonyl (C=O) groups is 2. The van der Waals surface area contributed by atoms with E-state index >= 15 is 0 Å². The summed E-state index contributed by atoms with van der Waals surface area (Å²) in [5, 5.41) is 2.58. The summed E-state index contributed by atoms with van der Waals surface area (Å²) in [6.45, 7) is 5.34. The number of ether oxygens (including phenoxy) is 1. The number of nitrogen functional groups attached to an aromatic ring is 1. The third kappa shape index (κ3) is 6.77. The highest BCUT2D eigenvalue weighted by atomic mass is 19.1. The minimum Gasteiger partial charge on any atom is -0.443 e. The van der Waals surface area contributed by atoms with E-state index in [1.807, 2.05) is 0 Å². The molecular formula is C29H34FN5O5. The van der Waals surface area contributed by atoms with Gasteiger partial charge in [-0.05, 0) is 63.3 Å². The van der Waals surface area contributed by atoms with Crippen LogP contribution in [0.3, 0.4) is 0 Å². The topological polar surface area (TPSA) is 129 Å².